The van der Waals surface area contributed by atoms with E-state index >= 15 is 0 Å². The van der Waals surface area contributed by atoms with E-state index in [1.807, 2.05) is 0 Å². The van der Waals surface area contributed by atoms with Crippen molar-refractivity contribution < 1.29 is 36.8 Å². The minimum absolute atomic E-state index is 0. The maximum atomic E-state index is 9.82. The molecule has 0 unspecified atom stereocenters. The Bertz CT molecular complexity index is 226. The first-order chi connectivity index (χ1) is 7.58. The molecule has 0 aromatic carbocycles. The molecule has 2 fully saturated rings. The van der Waals surface area contributed by atoms with Gasteiger partial charge in [0.2, 0.25) is 0 Å². The molecule has 0 radical (unpaired) electrons. The fourth-order valence-corrected chi connectivity index (χ4v) is 1.46. The topological polar surface area (TPSA) is 80.3 Å². The van der Waals surface area contributed by atoms with Crippen LogP contribution in [0.5, 0.6) is 0 Å². The first-order valence-corrected chi connectivity index (χ1v) is 5.97. The zero-order valence-corrected chi connectivity index (χ0v) is 15.3. The number of hydrogen-bond acceptors (Lipinski definition) is 4. The van der Waals surface area contributed by atoms with Gasteiger partial charge in [0.25, 0.3) is 0 Å². The van der Waals surface area contributed by atoms with Crippen LogP contribution in [-0.4, -0.2) is 37.8 Å². The Morgan fingerprint density at radius 3 is 1.28 bits per heavy atom. The second-order valence-electron chi connectivity index (χ2n) is 4.71. The molecule has 2 saturated carbocycles. The minimum Gasteiger partial charge on any atom is -1.00 e. The van der Waals surface area contributed by atoms with Gasteiger partial charge in [0, 0.05) is 11.9 Å². The fourth-order valence-electron chi connectivity index (χ4n) is 1.46. The predicted molar refractivity (Wildman–Crippen MR) is 59.7 cm³/mol. The van der Waals surface area contributed by atoms with Gasteiger partial charge in [-0.1, -0.05) is 25.7 Å². The molecule has 0 aromatic rings. The second kappa shape index (κ2) is 11.1. The predicted octanol–water partition coefficient (Wildman–Crippen LogP) is -3.52. The Morgan fingerprint density at radius 1 is 0.833 bits per heavy atom. The molecule has 0 aromatic heterocycles. The van der Waals surface area contributed by atoms with Gasteiger partial charge in [-0.25, -0.2) is 0 Å². The molecule has 6 heteroatoms. The number of hydrogen-bond donors (Lipinski definition) is 0. The second-order valence-corrected chi connectivity index (χ2v) is 4.71. The van der Waals surface area contributed by atoms with Crippen molar-refractivity contribution in [1.29, 1.82) is 0 Å². The quantitative estimate of drug-likeness (QED) is 0.446. The number of carboxylic acid groups (broad SMARTS) is 2. The third-order valence-corrected chi connectivity index (χ3v) is 2.91. The average Bonchev–Trinajstić information content (AvgIpc) is 3.06. The normalized spacial score (nSPS) is 16.4. The van der Waals surface area contributed by atoms with Crippen LogP contribution in [0.1, 0.15) is 51.4 Å². The minimum atomic E-state index is -0.906. The summed E-state index contributed by atoms with van der Waals surface area (Å²) in [4.78, 5) is 19.6. The summed E-state index contributed by atoms with van der Waals surface area (Å²) in [6, 6.07) is 0. The third-order valence-electron chi connectivity index (χ3n) is 2.91. The van der Waals surface area contributed by atoms with Gasteiger partial charge in [-0.2, -0.15) is 0 Å². The van der Waals surface area contributed by atoms with Crippen molar-refractivity contribution in [3.8, 4) is 0 Å². The summed E-state index contributed by atoms with van der Waals surface area (Å²) in [7, 11) is 0. The molecule has 2 aliphatic carbocycles. The molecule has 0 saturated heterocycles. The van der Waals surface area contributed by atoms with Crippen LogP contribution in [0.3, 0.4) is 0 Å². The molecule has 0 spiro atoms. The molecule has 0 atom stereocenters. The Morgan fingerprint density at radius 2 is 1.11 bits per heavy atom. The molecule has 100 valence electrons. The van der Waals surface area contributed by atoms with Gasteiger partial charge in [-0.15, -0.1) is 0 Å². The molecule has 2 aliphatic rings. The SMILES string of the molecule is O=C([O-])CCC1CC1.O=C([O-])CCC1CC1.[Br-].[In+3]. The molecule has 0 N–H and O–H groups in total. The monoisotopic (exact) mass is 420 g/mol. The Hall–Kier alpha value is 0.290. The van der Waals surface area contributed by atoms with Crippen LogP contribution in [0.2, 0.25) is 0 Å². The molecule has 0 amide bonds. The van der Waals surface area contributed by atoms with Gasteiger partial charge in [-0.3, -0.25) is 0 Å². The average molecular weight is 421 g/mol. The van der Waals surface area contributed by atoms with Gasteiger partial charge in [-0.05, 0) is 37.5 Å². The molecular weight excluding hydrogens is 403 g/mol. The van der Waals surface area contributed by atoms with Crippen LogP contribution in [0.25, 0.3) is 0 Å². The van der Waals surface area contributed by atoms with E-state index in [2.05, 4.69) is 0 Å². The molecule has 2 rings (SSSR count). The number of rotatable bonds is 6. The van der Waals surface area contributed by atoms with E-state index in [0.717, 1.165) is 12.8 Å². The van der Waals surface area contributed by atoms with Crippen LogP contribution in [-0.2, 0) is 9.59 Å². The number of halogens is 1. The van der Waals surface area contributed by atoms with E-state index in [1.165, 1.54) is 25.7 Å². The van der Waals surface area contributed by atoms with Crippen LogP contribution in [0, 0.1) is 11.8 Å². The van der Waals surface area contributed by atoms with E-state index in [4.69, 9.17) is 0 Å². The Balaban J connectivity index is 0. The van der Waals surface area contributed by atoms with Crippen molar-refractivity contribution in [2.75, 3.05) is 0 Å². The van der Waals surface area contributed by atoms with Crippen LogP contribution >= 0.6 is 0 Å². The van der Waals surface area contributed by atoms with Gasteiger partial charge in [0.1, 0.15) is 0 Å². The summed E-state index contributed by atoms with van der Waals surface area (Å²) in [6.45, 7) is 0. The largest absolute Gasteiger partial charge is 3.00 e. The van der Waals surface area contributed by atoms with Crippen molar-refractivity contribution in [3.05, 3.63) is 0 Å². The molecular formula is C12H18BrInO4. The number of carboxylic acids is 2. The Labute approximate surface area is 137 Å². The maximum Gasteiger partial charge on any atom is 3.00 e. The van der Waals surface area contributed by atoms with Crippen molar-refractivity contribution in [3.63, 3.8) is 0 Å². The van der Waals surface area contributed by atoms with Crippen molar-refractivity contribution >= 4 is 37.8 Å². The third kappa shape index (κ3) is 14.4. The smallest absolute Gasteiger partial charge is 1.00 e. The van der Waals surface area contributed by atoms with Gasteiger partial charge < -0.3 is 36.8 Å². The first kappa shape index (κ1) is 20.6. The Kier molecular flexibility index (Phi) is 12.8. The summed E-state index contributed by atoms with van der Waals surface area (Å²) >= 11 is 0. The van der Waals surface area contributed by atoms with E-state index in [-0.39, 0.29) is 55.7 Å². The summed E-state index contributed by atoms with van der Waals surface area (Å²) in [5.41, 5.74) is 0. The van der Waals surface area contributed by atoms with Crippen LogP contribution < -0.4 is 27.2 Å². The van der Waals surface area contributed by atoms with E-state index in [9.17, 15) is 19.8 Å². The summed E-state index contributed by atoms with van der Waals surface area (Å²) in [5.74, 6) is -0.380. The summed E-state index contributed by atoms with van der Waals surface area (Å²) in [5, 5.41) is 19.6. The van der Waals surface area contributed by atoms with E-state index in [1.54, 1.807) is 0 Å². The van der Waals surface area contributed by atoms with Gasteiger partial charge >= 0.3 is 25.8 Å². The fraction of sp³-hybridized carbons (Fsp3) is 0.833. The number of carbonyl (C=O) groups excluding carboxylic acids is 2. The molecule has 0 aliphatic heterocycles. The molecule has 4 nitrogen and oxygen atoms in total. The molecule has 0 bridgehead atoms. The van der Waals surface area contributed by atoms with Gasteiger partial charge in [0.15, 0.2) is 0 Å². The van der Waals surface area contributed by atoms with Crippen LogP contribution in [0.4, 0.5) is 0 Å². The summed E-state index contributed by atoms with van der Waals surface area (Å²) in [6.07, 6.45) is 7.10. The number of aliphatic carboxylic acids is 2. The van der Waals surface area contributed by atoms with Crippen molar-refractivity contribution in [2.45, 2.75) is 51.4 Å². The van der Waals surface area contributed by atoms with Crippen molar-refractivity contribution in [2.24, 2.45) is 11.8 Å². The van der Waals surface area contributed by atoms with Gasteiger partial charge in [0.05, 0.1) is 0 Å². The number of carbonyl (C=O) groups is 2. The summed E-state index contributed by atoms with van der Waals surface area (Å²) < 4.78 is 0. The standard InChI is InChI=1S/2C6H10O2.BrH.In/c2*7-6(8)4-3-5-1-2-5;;/h2*5H,1-4H2,(H,7,8);1H;/q;;;+3/p-3. The zero-order chi connectivity index (χ0) is 12.0. The molecule has 0 heterocycles. The van der Waals surface area contributed by atoms with E-state index in [0.29, 0.717) is 11.8 Å². The van der Waals surface area contributed by atoms with Crippen molar-refractivity contribution in [1.82, 2.24) is 0 Å². The first-order valence-electron chi connectivity index (χ1n) is 5.97. The maximum absolute atomic E-state index is 9.82. The van der Waals surface area contributed by atoms with E-state index < -0.39 is 11.9 Å². The molecule has 18 heavy (non-hydrogen) atoms. The zero-order valence-electron chi connectivity index (χ0n) is 10.4. The van der Waals surface area contributed by atoms with Crippen LogP contribution in [0.15, 0.2) is 0 Å².